The number of carbonyl (C=O) groups is 1. The Morgan fingerprint density at radius 3 is 2.72 bits per heavy atom. The number of rotatable bonds is 4. The fourth-order valence-corrected chi connectivity index (χ4v) is 2.24. The molecule has 1 amide bonds. The van der Waals surface area contributed by atoms with Gasteiger partial charge in [-0.1, -0.05) is 6.42 Å². The van der Waals surface area contributed by atoms with Crippen molar-refractivity contribution in [1.82, 2.24) is 4.57 Å². The van der Waals surface area contributed by atoms with Crippen molar-refractivity contribution in [2.24, 2.45) is 11.1 Å². The minimum absolute atomic E-state index is 0.0300. The highest BCUT2D eigenvalue weighted by Crippen LogP contribution is 2.40. The number of aromatic nitrogens is 1. The first-order valence-electron chi connectivity index (χ1n) is 6.33. The molecule has 3 N–H and O–H groups in total. The maximum atomic E-state index is 12.2. The third-order valence-electron chi connectivity index (χ3n) is 3.77. The van der Waals surface area contributed by atoms with E-state index in [0.717, 1.165) is 19.3 Å². The Morgan fingerprint density at radius 2 is 2.22 bits per heavy atom. The second kappa shape index (κ2) is 4.94. The molecule has 0 bridgehead atoms. The van der Waals surface area contributed by atoms with E-state index in [1.807, 2.05) is 6.92 Å². The summed E-state index contributed by atoms with van der Waals surface area (Å²) in [6.45, 7) is 2.86. The van der Waals surface area contributed by atoms with E-state index in [1.165, 1.54) is 6.07 Å². The highest BCUT2D eigenvalue weighted by Gasteiger charge is 2.42. The molecule has 1 heterocycles. The van der Waals surface area contributed by atoms with E-state index in [2.05, 4.69) is 5.32 Å². The predicted molar refractivity (Wildman–Crippen MR) is 70.3 cm³/mol. The summed E-state index contributed by atoms with van der Waals surface area (Å²) in [5.41, 5.74) is 5.88. The van der Waals surface area contributed by atoms with Crippen molar-refractivity contribution in [3.05, 3.63) is 28.7 Å². The molecular formula is C13H19N3O2. The fourth-order valence-electron chi connectivity index (χ4n) is 2.24. The summed E-state index contributed by atoms with van der Waals surface area (Å²) in [6, 6.07) is 3.10. The summed E-state index contributed by atoms with van der Waals surface area (Å²) < 4.78 is 1.56. The quantitative estimate of drug-likeness (QED) is 0.833. The molecule has 0 unspecified atom stereocenters. The Kier molecular flexibility index (Phi) is 3.52. The highest BCUT2D eigenvalue weighted by molar-refractivity contribution is 5.95. The number of aryl methyl sites for hydroxylation is 1. The van der Waals surface area contributed by atoms with E-state index in [-0.39, 0.29) is 11.5 Å². The molecule has 5 nitrogen and oxygen atoms in total. The monoisotopic (exact) mass is 249 g/mol. The van der Waals surface area contributed by atoms with E-state index in [4.69, 9.17) is 5.73 Å². The average Bonchev–Trinajstić information content (AvgIpc) is 2.31. The Bertz CT molecular complexity index is 498. The third-order valence-corrected chi connectivity index (χ3v) is 3.77. The molecule has 98 valence electrons. The van der Waals surface area contributed by atoms with Crippen LogP contribution in [0.5, 0.6) is 0 Å². The molecule has 0 spiro atoms. The second-order valence-electron chi connectivity index (χ2n) is 4.83. The number of anilines is 1. The lowest BCUT2D eigenvalue weighted by molar-refractivity contribution is -0.129. The molecule has 1 aromatic heterocycles. The number of nitrogens with zero attached hydrogens (tertiary/aromatic N) is 1. The van der Waals surface area contributed by atoms with Gasteiger partial charge in [-0.25, -0.2) is 0 Å². The van der Waals surface area contributed by atoms with Gasteiger partial charge in [0.1, 0.15) is 0 Å². The van der Waals surface area contributed by atoms with Crippen LogP contribution < -0.4 is 16.6 Å². The molecule has 0 atom stereocenters. The van der Waals surface area contributed by atoms with Gasteiger partial charge in [0.2, 0.25) is 5.91 Å². The number of nitrogens with one attached hydrogen (secondary N) is 1. The van der Waals surface area contributed by atoms with Crippen LogP contribution in [0.2, 0.25) is 0 Å². The van der Waals surface area contributed by atoms with E-state index >= 15 is 0 Å². The molecule has 0 aromatic carbocycles. The second-order valence-corrected chi connectivity index (χ2v) is 4.83. The van der Waals surface area contributed by atoms with Gasteiger partial charge >= 0.3 is 0 Å². The van der Waals surface area contributed by atoms with Crippen LogP contribution in [0, 0.1) is 5.41 Å². The van der Waals surface area contributed by atoms with Gasteiger partial charge in [0, 0.05) is 25.4 Å². The van der Waals surface area contributed by atoms with Gasteiger partial charge in [0.25, 0.3) is 5.56 Å². The van der Waals surface area contributed by atoms with Crippen LogP contribution in [-0.2, 0) is 11.3 Å². The van der Waals surface area contributed by atoms with Crippen molar-refractivity contribution in [3.63, 3.8) is 0 Å². The van der Waals surface area contributed by atoms with Gasteiger partial charge in [-0.2, -0.15) is 0 Å². The van der Waals surface area contributed by atoms with Crippen LogP contribution in [0.4, 0.5) is 5.69 Å². The molecule has 0 radical (unpaired) electrons. The van der Waals surface area contributed by atoms with Gasteiger partial charge < -0.3 is 15.6 Å². The molecule has 18 heavy (non-hydrogen) atoms. The summed E-state index contributed by atoms with van der Waals surface area (Å²) >= 11 is 0. The number of pyridine rings is 1. The summed E-state index contributed by atoms with van der Waals surface area (Å²) in [5, 5.41) is 2.86. The molecule has 1 aliphatic rings. The molecule has 0 saturated heterocycles. The first-order valence-corrected chi connectivity index (χ1v) is 6.33. The summed E-state index contributed by atoms with van der Waals surface area (Å²) in [4.78, 5) is 23.6. The first kappa shape index (κ1) is 12.8. The van der Waals surface area contributed by atoms with Crippen molar-refractivity contribution in [2.45, 2.75) is 32.7 Å². The number of hydrogen-bond acceptors (Lipinski definition) is 3. The summed E-state index contributed by atoms with van der Waals surface area (Å²) in [5.74, 6) is -0.0300. The Labute approximate surface area is 106 Å². The zero-order valence-electron chi connectivity index (χ0n) is 10.6. The average molecular weight is 249 g/mol. The molecule has 1 aromatic rings. The van der Waals surface area contributed by atoms with Crippen LogP contribution in [-0.4, -0.2) is 17.0 Å². The predicted octanol–water partition coefficient (Wildman–Crippen LogP) is 0.936. The lowest BCUT2D eigenvalue weighted by atomic mass is 9.68. The fraction of sp³-hybridized carbons (Fsp3) is 0.538. The SMILES string of the molecule is CCn1cc(NC(=O)C2(CN)CCC2)ccc1=O. The maximum absolute atomic E-state index is 12.2. The van der Waals surface area contributed by atoms with Crippen molar-refractivity contribution in [3.8, 4) is 0 Å². The van der Waals surface area contributed by atoms with Gasteiger partial charge in [-0.05, 0) is 25.8 Å². The first-order chi connectivity index (χ1) is 8.61. The Balaban J connectivity index is 2.14. The molecule has 2 rings (SSSR count). The summed E-state index contributed by atoms with van der Waals surface area (Å²) in [7, 11) is 0. The van der Waals surface area contributed by atoms with Gasteiger partial charge in [-0.3, -0.25) is 9.59 Å². The maximum Gasteiger partial charge on any atom is 0.250 e. The van der Waals surface area contributed by atoms with Crippen LogP contribution in [0.25, 0.3) is 0 Å². The van der Waals surface area contributed by atoms with E-state index in [0.29, 0.717) is 18.8 Å². The number of carbonyl (C=O) groups excluding carboxylic acids is 1. The summed E-state index contributed by atoms with van der Waals surface area (Å²) in [6.07, 6.45) is 4.42. The molecule has 1 aliphatic carbocycles. The largest absolute Gasteiger partial charge is 0.329 e. The van der Waals surface area contributed by atoms with Crippen molar-refractivity contribution in [2.75, 3.05) is 11.9 Å². The lowest BCUT2D eigenvalue weighted by Crippen LogP contribution is -2.47. The van der Waals surface area contributed by atoms with Crippen LogP contribution >= 0.6 is 0 Å². The van der Waals surface area contributed by atoms with Crippen molar-refractivity contribution in [1.29, 1.82) is 0 Å². The van der Waals surface area contributed by atoms with E-state index in [9.17, 15) is 9.59 Å². The van der Waals surface area contributed by atoms with Gasteiger partial charge in [0.05, 0.1) is 11.1 Å². The van der Waals surface area contributed by atoms with Gasteiger partial charge in [-0.15, -0.1) is 0 Å². The Morgan fingerprint density at radius 1 is 1.50 bits per heavy atom. The standard InChI is InChI=1S/C13H19N3O2/c1-2-16-8-10(4-5-11(16)17)15-12(18)13(9-14)6-3-7-13/h4-5,8H,2-3,6-7,9,14H2,1H3,(H,15,18). The van der Waals surface area contributed by atoms with Crippen molar-refractivity contribution >= 4 is 11.6 Å². The van der Waals surface area contributed by atoms with E-state index in [1.54, 1.807) is 16.8 Å². The normalized spacial score (nSPS) is 17.0. The minimum Gasteiger partial charge on any atom is -0.329 e. The van der Waals surface area contributed by atoms with Gasteiger partial charge in [0.15, 0.2) is 0 Å². The molecule has 0 aliphatic heterocycles. The number of hydrogen-bond donors (Lipinski definition) is 2. The van der Waals surface area contributed by atoms with E-state index < -0.39 is 5.41 Å². The smallest absolute Gasteiger partial charge is 0.250 e. The zero-order chi connectivity index (χ0) is 13.2. The molecular weight excluding hydrogens is 230 g/mol. The molecule has 1 fully saturated rings. The highest BCUT2D eigenvalue weighted by atomic mass is 16.2. The Hall–Kier alpha value is -1.62. The number of nitrogens with two attached hydrogens (primary N) is 1. The van der Waals surface area contributed by atoms with Crippen LogP contribution in [0.15, 0.2) is 23.1 Å². The third kappa shape index (κ3) is 2.18. The van der Waals surface area contributed by atoms with Crippen molar-refractivity contribution < 1.29 is 4.79 Å². The minimum atomic E-state index is -0.396. The van der Waals surface area contributed by atoms with Crippen LogP contribution in [0.1, 0.15) is 26.2 Å². The molecule has 1 saturated carbocycles. The molecule has 5 heteroatoms. The lowest BCUT2D eigenvalue weighted by Gasteiger charge is -2.39. The number of amides is 1. The topological polar surface area (TPSA) is 77.1 Å². The van der Waals surface area contributed by atoms with Crippen LogP contribution in [0.3, 0.4) is 0 Å². The zero-order valence-corrected chi connectivity index (χ0v) is 10.6.